The minimum Gasteiger partial charge on any atom is -0.490 e. The van der Waals surface area contributed by atoms with Crippen LogP contribution in [0.2, 0.25) is 5.02 Å². The van der Waals surface area contributed by atoms with Crippen LogP contribution in [0, 0.1) is 11.3 Å². The van der Waals surface area contributed by atoms with Crippen LogP contribution in [0.4, 0.5) is 5.82 Å². The van der Waals surface area contributed by atoms with E-state index in [1.807, 2.05) is 12.1 Å². The molecule has 2 fully saturated rings. The standard InChI is InChI=1S/C23H26ClN5O2/c24-20-14-19(7-4-16(20)15-25)31-18-8-5-17(6-9-18)26-23(30)21-10-11-22(28-27-21)29-12-2-1-3-13-29/h4,7,10-11,14,17-18H,1-3,5-6,8-9,12-13H2,(H,26,30). The molecule has 0 radical (unpaired) electrons. The molecule has 1 aliphatic carbocycles. The van der Waals surface area contributed by atoms with Crippen LogP contribution < -0.4 is 15.0 Å². The second-order valence-electron chi connectivity index (χ2n) is 8.14. The molecule has 0 bridgehead atoms. The Bertz CT molecular complexity index is 945. The second-order valence-corrected chi connectivity index (χ2v) is 8.55. The summed E-state index contributed by atoms with van der Waals surface area (Å²) in [6.45, 7) is 2.00. The molecule has 7 nitrogen and oxygen atoms in total. The van der Waals surface area contributed by atoms with Gasteiger partial charge < -0.3 is 15.0 Å². The zero-order valence-electron chi connectivity index (χ0n) is 17.4. The number of halogens is 1. The zero-order valence-corrected chi connectivity index (χ0v) is 18.1. The number of aromatic nitrogens is 2. The van der Waals surface area contributed by atoms with Crippen LogP contribution in [0.25, 0.3) is 0 Å². The van der Waals surface area contributed by atoms with E-state index in [9.17, 15) is 4.79 Å². The topological polar surface area (TPSA) is 91.1 Å². The van der Waals surface area contributed by atoms with Crippen LogP contribution >= 0.6 is 11.6 Å². The Morgan fingerprint density at radius 1 is 1.10 bits per heavy atom. The number of rotatable bonds is 5. The number of carbonyl (C=O) groups excluding carboxylic acids is 1. The molecule has 1 amide bonds. The van der Waals surface area contributed by atoms with Crippen molar-refractivity contribution in [1.82, 2.24) is 15.5 Å². The molecule has 31 heavy (non-hydrogen) atoms. The van der Waals surface area contributed by atoms with Gasteiger partial charge in [0, 0.05) is 25.2 Å². The maximum Gasteiger partial charge on any atom is 0.272 e. The van der Waals surface area contributed by atoms with Gasteiger partial charge in [0.1, 0.15) is 11.8 Å². The molecule has 0 spiro atoms. The second kappa shape index (κ2) is 9.97. The maximum atomic E-state index is 12.6. The first kappa shape index (κ1) is 21.4. The van der Waals surface area contributed by atoms with Crippen molar-refractivity contribution in [3.8, 4) is 11.8 Å². The largest absolute Gasteiger partial charge is 0.490 e. The number of hydrogen-bond donors (Lipinski definition) is 1. The van der Waals surface area contributed by atoms with Crippen LogP contribution in [0.1, 0.15) is 61.0 Å². The molecule has 1 N–H and O–H groups in total. The van der Waals surface area contributed by atoms with Gasteiger partial charge in [0.05, 0.1) is 16.7 Å². The van der Waals surface area contributed by atoms with Gasteiger partial charge in [0.15, 0.2) is 11.5 Å². The molecule has 0 atom stereocenters. The number of piperidine rings is 1. The third kappa shape index (κ3) is 5.45. The minimum absolute atomic E-state index is 0.0702. The highest BCUT2D eigenvalue weighted by molar-refractivity contribution is 6.31. The van der Waals surface area contributed by atoms with Gasteiger partial charge >= 0.3 is 0 Å². The molecule has 1 aromatic carbocycles. The van der Waals surface area contributed by atoms with Gasteiger partial charge in [0.2, 0.25) is 0 Å². The van der Waals surface area contributed by atoms with E-state index >= 15 is 0 Å². The number of benzene rings is 1. The summed E-state index contributed by atoms with van der Waals surface area (Å²) < 4.78 is 6.01. The van der Waals surface area contributed by atoms with Gasteiger partial charge in [-0.2, -0.15) is 5.26 Å². The van der Waals surface area contributed by atoms with E-state index in [0.717, 1.165) is 44.6 Å². The number of carbonyl (C=O) groups is 1. The maximum absolute atomic E-state index is 12.6. The monoisotopic (exact) mass is 439 g/mol. The summed E-state index contributed by atoms with van der Waals surface area (Å²) in [7, 11) is 0. The Kier molecular flexibility index (Phi) is 6.88. The molecule has 1 aliphatic heterocycles. The Labute approximate surface area is 187 Å². The van der Waals surface area contributed by atoms with Crippen molar-refractivity contribution < 1.29 is 9.53 Å². The van der Waals surface area contributed by atoms with Crippen LogP contribution in [-0.4, -0.2) is 41.3 Å². The third-order valence-electron chi connectivity index (χ3n) is 5.94. The summed E-state index contributed by atoms with van der Waals surface area (Å²) in [5.74, 6) is 1.33. The van der Waals surface area contributed by atoms with Gasteiger partial charge in [0.25, 0.3) is 5.91 Å². The molecule has 8 heteroatoms. The lowest BCUT2D eigenvalue weighted by Crippen LogP contribution is -2.40. The van der Waals surface area contributed by atoms with Crippen molar-refractivity contribution >= 4 is 23.3 Å². The Hall–Kier alpha value is -2.85. The quantitative estimate of drug-likeness (QED) is 0.753. The first-order valence-corrected chi connectivity index (χ1v) is 11.3. The molecule has 162 valence electrons. The van der Waals surface area contributed by atoms with Crippen molar-refractivity contribution in [1.29, 1.82) is 5.26 Å². The number of anilines is 1. The number of amides is 1. The van der Waals surface area contributed by atoms with Crippen LogP contribution in [0.15, 0.2) is 30.3 Å². The molecule has 1 saturated heterocycles. The van der Waals surface area contributed by atoms with Crippen molar-refractivity contribution in [3.05, 3.63) is 46.6 Å². The molecular formula is C23H26ClN5O2. The minimum atomic E-state index is -0.180. The first-order valence-electron chi connectivity index (χ1n) is 10.9. The molecule has 4 rings (SSSR count). The van der Waals surface area contributed by atoms with Gasteiger partial charge in [-0.3, -0.25) is 4.79 Å². The van der Waals surface area contributed by atoms with Crippen LogP contribution in [0.5, 0.6) is 5.75 Å². The Morgan fingerprint density at radius 3 is 2.52 bits per heavy atom. The fourth-order valence-electron chi connectivity index (χ4n) is 4.17. The van der Waals surface area contributed by atoms with Gasteiger partial charge in [-0.25, -0.2) is 0 Å². The smallest absolute Gasteiger partial charge is 0.272 e. The third-order valence-corrected chi connectivity index (χ3v) is 6.25. The Morgan fingerprint density at radius 2 is 1.87 bits per heavy atom. The molecular weight excluding hydrogens is 414 g/mol. The average molecular weight is 440 g/mol. The average Bonchev–Trinajstić information content (AvgIpc) is 2.81. The van der Waals surface area contributed by atoms with Crippen molar-refractivity contribution in [2.24, 2.45) is 0 Å². The number of nitriles is 1. The van der Waals surface area contributed by atoms with Crippen molar-refractivity contribution in [2.45, 2.75) is 57.1 Å². The number of nitrogens with zero attached hydrogens (tertiary/aromatic N) is 4. The highest BCUT2D eigenvalue weighted by atomic mass is 35.5. The molecule has 2 aromatic rings. The van der Waals surface area contributed by atoms with Crippen molar-refractivity contribution in [2.75, 3.05) is 18.0 Å². The van der Waals surface area contributed by atoms with Crippen LogP contribution in [0.3, 0.4) is 0 Å². The lowest BCUT2D eigenvalue weighted by molar-refractivity contribution is 0.0888. The van der Waals surface area contributed by atoms with Gasteiger partial charge in [-0.05, 0) is 69.2 Å². The Balaban J connectivity index is 1.25. The lowest BCUT2D eigenvalue weighted by Gasteiger charge is -2.29. The molecule has 0 unspecified atom stereocenters. The van der Waals surface area contributed by atoms with Crippen molar-refractivity contribution in [3.63, 3.8) is 0 Å². The highest BCUT2D eigenvalue weighted by Gasteiger charge is 2.25. The predicted molar refractivity (Wildman–Crippen MR) is 118 cm³/mol. The summed E-state index contributed by atoms with van der Waals surface area (Å²) in [6.07, 6.45) is 7.02. The number of nitrogens with one attached hydrogen (secondary N) is 1. The number of ether oxygens (including phenoxy) is 1. The fraction of sp³-hybridized carbons (Fsp3) is 0.478. The van der Waals surface area contributed by atoms with Gasteiger partial charge in [-0.1, -0.05) is 11.6 Å². The first-order chi connectivity index (χ1) is 15.1. The van der Waals surface area contributed by atoms with E-state index < -0.39 is 0 Å². The van der Waals surface area contributed by atoms with Gasteiger partial charge in [-0.15, -0.1) is 10.2 Å². The summed E-state index contributed by atoms with van der Waals surface area (Å²) in [4.78, 5) is 14.8. The normalized spacial score (nSPS) is 21.2. The predicted octanol–water partition coefficient (Wildman–Crippen LogP) is 4.11. The molecule has 1 aromatic heterocycles. The molecule has 1 saturated carbocycles. The van der Waals surface area contributed by atoms with E-state index in [4.69, 9.17) is 21.6 Å². The fourth-order valence-corrected chi connectivity index (χ4v) is 4.39. The molecule has 2 aliphatic rings. The highest BCUT2D eigenvalue weighted by Crippen LogP contribution is 2.27. The van der Waals surface area contributed by atoms with E-state index in [0.29, 0.717) is 22.0 Å². The van der Waals surface area contributed by atoms with E-state index in [2.05, 4.69) is 20.4 Å². The van der Waals surface area contributed by atoms with E-state index in [1.165, 1.54) is 19.3 Å². The number of hydrogen-bond acceptors (Lipinski definition) is 6. The summed E-state index contributed by atoms with van der Waals surface area (Å²) >= 11 is 6.08. The van der Waals surface area contributed by atoms with E-state index in [-0.39, 0.29) is 18.1 Å². The van der Waals surface area contributed by atoms with Crippen LogP contribution in [-0.2, 0) is 0 Å². The zero-order chi connectivity index (χ0) is 21.6. The lowest BCUT2D eigenvalue weighted by atomic mass is 9.93. The van der Waals surface area contributed by atoms with E-state index in [1.54, 1.807) is 24.3 Å². The summed E-state index contributed by atoms with van der Waals surface area (Å²) in [5.41, 5.74) is 0.791. The summed E-state index contributed by atoms with van der Waals surface area (Å²) in [5, 5.41) is 20.8. The summed E-state index contributed by atoms with van der Waals surface area (Å²) in [6, 6.07) is 10.9. The molecule has 2 heterocycles. The SMILES string of the molecule is N#Cc1ccc(OC2CCC(NC(=O)c3ccc(N4CCCCC4)nn3)CC2)cc1Cl.